The Bertz CT molecular complexity index is 770. The fraction of sp³-hybridized carbons (Fsp3) is 0.300. The average Bonchev–Trinajstić information content (AvgIpc) is 2.54. The van der Waals surface area contributed by atoms with Gasteiger partial charge in [0, 0.05) is 12.1 Å². The first kappa shape index (κ1) is 17.7. The van der Waals surface area contributed by atoms with Crippen LogP contribution in [0.25, 0.3) is 0 Å². The molecule has 0 aliphatic rings. The molecule has 2 rings (SSSR count). The van der Waals surface area contributed by atoms with Gasteiger partial charge in [0.1, 0.15) is 0 Å². The van der Waals surface area contributed by atoms with Crippen molar-refractivity contribution >= 4 is 11.9 Å². The minimum Gasteiger partial charge on any atom is -0.465 e. The third-order valence-corrected chi connectivity index (χ3v) is 4.21. The molecule has 0 spiro atoms. The molecule has 0 radical (unpaired) electrons. The quantitative estimate of drug-likeness (QED) is 0.873. The zero-order valence-electron chi connectivity index (χ0n) is 14.8. The Morgan fingerprint density at radius 1 is 0.917 bits per heavy atom. The summed E-state index contributed by atoms with van der Waals surface area (Å²) in [7, 11) is 1.35. The van der Waals surface area contributed by atoms with Gasteiger partial charge < -0.3 is 10.1 Å². The van der Waals surface area contributed by atoms with E-state index in [9.17, 15) is 9.59 Å². The van der Waals surface area contributed by atoms with Crippen molar-refractivity contribution in [3.8, 4) is 0 Å². The summed E-state index contributed by atoms with van der Waals surface area (Å²) in [6.45, 7) is 8.19. The molecule has 0 saturated carbocycles. The Morgan fingerprint density at radius 3 is 2.08 bits per heavy atom. The second kappa shape index (κ2) is 7.30. The van der Waals surface area contributed by atoms with Crippen molar-refractivity contribution in [3.63, 3.8) is 0 Å². The first-order valence-electron chi connectivity index (χ1n) is 7.87. The second-order valence-corrected chi connectivity index (χ2v) is 6.08. The number of aryl methyl sites for hydroxylation is 4. The summed E-state index contributed by atoms with van der Waals surface area (Å²) in [5.74, 6) is -0.539. The number of hydrogen-bond acceptors (Lipinski definition) is 3. The van der Waals surface area contributed by atoms with Crippen LogP contribution in [-0.4, -0.2) is 19.0 Å². The van der Waals surface area contributed by atoms with Gasteiger partial charge in [0.25, 0.3) is 5.91 Å². The molecule has 0 atom stereocenters. The van der Waals surface area contributed by atoms with E-state index in [1.807, 2.05) is 6.07 Å². The number of esters is 1. The monoisotopic (exact) mass is 325 g/mol. The van der Waals surface area contributed by atoms with Crippen LogP contribution in [0.15, 0.2) is 30.3 Å². The number of amides is 1. The van der Waals surface area contributed by atoms with Gasteiger partial charge in [-0.25, -0.2) is 4.79 Å². The van der Waals surface area contributed by atoms with Crippen LogP contribution in [0.2, 0.25) is 0 Å². The van der Waals surface area contributed by atoms with Crippen LogP contribution >= 0.6 is 0 Å². The van der Waals surface area contributed by atoms with Crippen LogP contribution in [0, 0.1) is 27.7 Å². The Morgan fingerprint density at radius 2 is 1.54 bits per heavy atom. The molecular formula is C20H23NO3. The van der Waals surface area contributed by atoms with Gasteiger partial charge in [-0.1, -0.05) is 18.2 Å². The zero-order valence-corrected chi connectivity index (χ0v) is 14.8. The maximum absolute atomic E-state index is 12.4. The highest BCUT2D eigenvalue weighted by Crippen LogP contribution is 2.18. The minimum atomic E-state index is -0.382. The topological polar surface area (TPSA) is 55.4 Å². The van der Waals surface area contributed by atoms with E-state index in [1.165, 1.54) is 18.2 Å². The predicted molar refractivity (Wildman–Crippen MR) is 94.3 cm³/mol. The first-order chi connectivity index (χ1) is 11.3. The van der Waals surface area contributed by atoms with Crippen molar-refractivity contribution in [2.24, 2.45) is 0 Å². The van der Waals surface area contributed by atoms with Gasteiger partial charge in [-0.2, -0.15) is 0 Å². The van der Waals surface area contributed by atoms with Gasteiger partial charge >= 0.3 is 5.97 Å². The molecule has 0 heterocycles. The van der Waals surface area contributed by atoms with Gasteiger partial charge in [-0.15, -0.1) is 0 Å². The van der Waals surface area contributed by atoms with Crippen LogP contribution in [0.3, 0.4) is 0 Å². The van der Waals surface area contributed by atoms with Crippen LogP contribution in [0.5, 0.6) is 0 Å². The van der Waals surface area contributed by atoms with Gasteiger partial charge in [-0.3, -0.25) is 4.79 Å². The number of ether oxygens (including phenoxy) is 1. The largest absolute Gasteiger partial charge is 0.465 e. The number of nitrogens with one attached hydrogen (secondary N) is 1. The Hall–Kier alpha value is -2.62. The number of carbonyl (C=O) groups is 2. The Balaban J connectivity index is 2.15. The maximum atomic E-state index is 12.4. The van der Waals surface area contributed by atoms with Crippen molar-refractivity contribution < 1.29 is 14.3 Å². The molecule has 0 aliphatic heterocycles. The molecule has 4 heteroatoms. The van der Waals surface area contributed by atoms with E-state index in [4.69, 9.17) is 4.74 Å². The molecule has 0 aromatic heterocycles. The number of rotatable bonds is 4. The lowest BCUT2D eigenvalue weighted by molar-refractivity contribution is 0.0598. The first-order valence-corrected chi connectivity index (χ1v) is 7.87. The summed E-state index contributed by atoms with van der Waals surface area (Å²) in [6.07, 6.45) is 0. The van der Waals surface area contributed by atoms with Crippen LogP contribution in [0.1, 0.15) is 48.5 Å². The lowest BCUT2D eigenvalue weighted by atomic mass is 9.99. The highest BCUT2D eigenvalue weighted by atomic mass is 16.5. The normalized spacial score (nSPS) is 10.4. The zero-order chi connectivity index (χ0) is 17.9. The molecule has 24 heavy (non-hydrogen) atoms. The molecule has 2 aromatic carbocycles. The third kappa shape index (κ3) is 3.82. The number of carbonyl (C=O) groups excluding carboxylic acids is 2. The summed E-state index contributed by atoms with van der Waals surface area (Å²) in [5, 5.41) is 2.92. The molecule has 4 nitrogen and oxygen atoms in total. The molecule has 0 unspecified atom stereocenters. The van der Waals surface area contributed by atoms with Gasteiger partial charge in [0.05, 0.1) is 12.7 Å². The fourth-order valence-electron chi connectivity index (χ4n) is 2.72. The van der Waals surface area contributed by atoms with Crippen molar-refractivity contribution in [3.05, 3.63) is 69.3 Å². The van der Waals surface area contributed by atoms with Crippen molar-refractivity contribution in [2.45, 2.75) is 34.2 Å². The van der Waals surface area contributed by atoms with Gasteiger partial charge in [-0.05, 0) is 67.6 Å². The van der Waals surface area contributed by atoms with Crippen LogP contribution < -0.4 is 5.32 Å². The second-order valence-electron chi connectivity index (χ2n) is 6.08. The molecule has 126 valence electrons. The molecule has 0 bridgehead atoms. The van der Waals surface area contributed by atoms with E-state index >= 15 is 0 Å². The van der Waals surface area contributed by atoms with Crippen LogP contribution in [0.4, 0.5) is 0 Å². The Labute approximate surface area is 142 Å². The van der Waals surface area contributed by atoms with E-state index < -0.39 is 0 Å². The van der Waals surface area contributed by atoms with E-state index in [-0.39, 0.29) is 11.9 Å². The number of hydrogen-bond donors (Lipinski definition) is 1. The summed E-state index contributed by atoms with van der Waals surface area (Å²) in [5.41, 5.74) is 6.03. The summed E-state index contributed by atoms with van der Waals surface area (Å²) in [6, 6.07) is 9.58. The van der Waals surface area contributed by atoms with Crippen molar-refractivity contribution in [2.75, 3.05) is 7.11 Å². The molecule has 0 fully saturated rings. The van der Waals surface area contributed by atoms with E-state index in [1.54, 1.807) is 26.0 Å². The summed E-state index contributed by atoms with van der Waals surface area (Å²) >= 11 is 0. The highest BCUT2D eigenvalue weighted by Gasteiger charge is 2.16. The summed E-state index contributed by atoms with van der Waals surface area (Å²) < 4.78 is 4.78. The number of methoxy groups -OCH3 is 1. The molecule has 0 saturated heterocycles. The number of benzene rings is 2. The Kier molecular flexibility index (Phi) is 5.39. The molecule has 1 amide bonds. The molecule has 1 N–H and O–H groups in total. The van der Waals surface area contributed by atoms with E-state index in [0.29, 0.717) is 17.7 Å². The lowest BCUT2D eigenvalue weighted by Crippen LogP contribution is -2.23. The van der Waals surface area contributed by atoms with Gasteiger partial charge in [0.15, 0.2) is 0 Å². The molecule has 2 aromatic rings. The van der Waals surface area contributed by atoms with E-state index in [2.05, 4.69) is 31.3 Å². The standard InChI is InChI=1S/C20H23NO3/c1-12-6-7-16(8-13(12)2)11-21-19(22)17-9-14(3)18(15(4)10-17)20(23)24-5/h6-10H,11H2,1-5H3,(H,21,22). The highest BCUT2D eigenvalue weighted by molar-refractivity contribution is 5.98. The average molecular weight is 325 g/mol. The minimum absolute atomic E-state index is 0.157. The lowest BCUT2D eigenvalue weighted by Gasteiger charge is -2.12. The molecular weight excluding hydrogens is 302 g/mol. The van der Waals surface area contributed by atoms with Crippen LogP contribution in [-0.2, 0) is 11.3 Å². The van der Waals surface area contributed by atoms with Gasteiger partial charge in [0.2, 0.25) is 0 Å². The fourth-order valence-corrected chi connectivity index (χ4v) is 2.72. The third-order valence-electron chi connectivity index (χ3n) is 4.21. The summed E-state index contributed by atoms with van der Waals surface area (Å²) in [4.78, 5) is 24.2. The van der Waals surface area contributed by atoms with Crippen molar-refractivity contribution in [1.82, 2.24) is 5.32 Å². The molecule has 0 aliphatic carbocycles. The van der Waals surface area contributed by atoms with E-state index in [0.717, 1.165) is 16.7 Å². The predicted octanol–water partition coefficient (Wildman–Crippen LogP) is 3.64. The smallest absolute Gasteiger partial charge is 0.338 e. The maximum Gasteiger partial charge on any atom is 0.338 e. The van der Waals surface area contributed by atoms with Crippen molar-refractivity contribution in [1.29, 1.82) is 0 Å². The SMILES string of the molecule is COC(=O)c1c(C)cc(C(=O)NCc2ccc(C)c(C)c2)cc1C.